The van der Waals surface area contributed by atoms with E-state index in [-0.39, 0.29) is 24.5 Å². The van der Waals surface area contributed by atoms with Crippen LogP contribution in [0.5, 0.6) is 0 Å². The van der Waals surface area contributed by atoms with Crippen molar-refractivity contribution in [2.45, 2.75) is 106 Å². The molecule has 2 heterocycles. The monoisotopic (exact) mass is 518 g/mol. The number of hydrogen-bond acceptors (Lipinski definition) is 5. The summed E-state index contributed by atoms with van der Waals surface area (Å²) in [6.45, 7) is 17.4. The van der Waals surface area contributed by atoms with Crippen molar-refractivity contribution in [3.63, 3.8) is 0 Å². The van der Waals surface area contributed by atoms with Gasteiger partial charge in [-0.3, -0.25) is 0 Å². The molecule has 0 atom stereocenters. The molecule has 0 spiro atoms. The van der Waals surface area contributed by atoms with E-state index in [0.29, 0.717) is 24.9 Å². The molecule has 2 aliphatic rings. The van der Waals surface area contributed by atoms with Gasteiger partial charge in [-0.1, -0.05) is 61.3 Å². The molecule has 5 nitrogen and oxygen atoms in total. The van der Waals surface area contributed by atoms with Crippen LogP contribution in [0.3, 0.4) is 0 Å². The Morgan fingerprint density at radius 3 is 1.92 bits per heavy atom. The molecular formula is C28H49F3N2O3. The first-order valence-electron chi connectivity index (χ1n) is 13.4. The third-order valence-corrected chi connectivity index (χ3v) is 5.11. The summed E-state index contributed by atoms with van der Waals surface area (Å²) >= 11 is 0. The lowest BCUT2D eigenvalue weighted by atomic mass is 9.91. The first kappa shape index (κ1) is 36.3. The van der Waals surface area contributed by atoms with Crippen molar-refractivity contribution in [2.75, 3.05) is 38.8 Å². The van der Waals surface area contributed by atoms with Gasteiger partial charge in [-0.05, 0) is 43.7 Å². The molecule has 1 aromatic heterocycles. The van der Waals surface area contributed by atoms with Crippen LogP contribution in [0.4, 0.5) is 18.9 Å². The summed E-state index contributed by atoms with van der Waals surface area (Å²) in [6.07, 6.45) is -0.451. The fourth-order valence-electron chi connectivity index (χ4n) is 3.45. The minimum absolute atomic E-state index is 0.0975. The van der Waals surface area contributed by atoms with Crippen LogP contribution in [0.2, 0.25) is 0 Å². The van der Waals surface area contributed by atoms with E-state index in [4.69, 9.17) is 14.2 Å². The second-order valence-corrected chi connectivity index (χ2v) is 7.10. The van der Waals surface area contributed by atoms with E-state index in [2.05, 4.69) is 16.8 Å². The second-order valence-electron chi connectivity index (χ2n) is 7.10. The molecule has 1 aliphatic heterocycles. The zero-order valence-corrected chi connectivity index (χ0v) is 24.1. The van der Waals surface area contributed by atoms with E-state index in [9.17, 15) is 13.2 Å². The fourth-order valence-corrected chi connectivity index (χ4v) is 3.45. The molecule has 1 saturated carbocycles. The van der Waals surface area contributed by atoms with Crippen molar-refractivity contribution in [1.29, 1.82) is 0 Å². The summed E-state index contributed by atoms with van der Waals surface area (Å²) < 4.78 is 55.9. The smallest absolute Gasteiger partial charge is 0.381 e. The van der Waals surface area contributed by atoms with Gasteiger partial charge in [-0.2, -0.15) is 13.2 Å². The summed E-state index contributed by atoms with van der Waals surface area (Å²) in [5, 5.41) is 0. The molecule has 0 radical (unpaired) electrons. The number of rotatable bonds is 5. The summed E-state index contributed by atoms with van der Waals surface area (Å²) in [7, 11) is 3.18. The van der Waals surface area contributed by atoms with Gasteiger partial charge < -0.3 is 19.1 Å². The normalized spacial score (nSPS) is 18.6. The molecule has 210 valence electrons. The number of anilines is 1. The third-order valence-electron chi connectivity index (χ3n) is 5.11. The van der Waals surface area contributed by atoms with Crippen LogP contribution in [0, 0.1) is 11.8 Å². The lowest BCUT2D eigenvalue weighted by molar-refractivity contribution is -0.141. The highest BCUT2D eigenvalue weighted by molar-refractivity contribution is 5.52. The lowest BCUT2D eigenvalue weighted by Gasteiger charge is -2.40. The molecule has 0 unspecified atom stereocenters. The molecule has 8 heteroatoms. The average Bonchev–Trinajstić information content (AvgIpc) is 2.90. The molecule has 1 aromatic rings. The maximum Gasteiger partial charge on any atom is 0.433 e. The number of halogens is 3. The van der Waals surface area contributed by atoms with E-state index in [1.165, 1.54) is 7.11 Å². The van der Waals surface area contributed by atoms with Gasteiger partial charge in [-0.15, -0.1) is 0 Å². The Balaban J connectivity index is 0. The van der Waals surface area contributed by atoms with Crippen LogP contribution in [0.15, 0.2) is 12.1 Å². The number of piperidine rings is 1. The van der Waals surface area contributed by atoms with Crippen molar-refractivity contribution in [2.24, 2.45) is 0 Å². The Morgan fingerprint density at radius 2 is 1.44 bits per heavy atom. The molecule has 1 aliphatic carbocycles. The molecule has 0 amide bonds. The van der Waals surface area contributed by atoms with Crippen molar-refractivity contribution in [3.05, 3.63) is 23.5 Å². The number of nitrogens with zero attached hydrogens (tertiary/aromatic N) is 2. The zero-order valence-electron chi connectivity index (χ0n) is 24.1. The van der Waals surface area contributed by atoms with Crippen LogP contribution >= 0.6 is 0 Å². The molecule has 36 heavy (non-hydrogen) atoms. The van der Waals surface area contributed by atoms with Crippen LogP contribution in [0.1, 0.15) is 92.5 Å². The minimum Gasteiger partial charge on any atom is -0.381 e. The number of alkyl halides is 3. The minimum atomic E-state index is -4.52. The fraction of sp³-hybridized carbons (Fsp3) is 0.750. The topological polar surface area (TPSA) is 43.8 Å². The number of ether oxygens (including phenoxy) is 3. The van der Waals surface area contributed by atoms with E-state index in [0.717, 1.165) is 31.7 Å². The van der Waals surface area contributed by atoms with Gasteiger partial charge >= 0.3 is 6.18 Å². The number of hydrogen-bond donors (Lipinski definition) is 0. The average molecular weight is 519 g/mol. The van der Waals surface area contributed by atoms with E-state index < -0.39 is 11.9 Å². The molecule has 0 N–H and O–H groups in total. The summed E-state index contributed by atoms with van der Waals surface area (Å²) in [5.74, 6) is 5.31. The van der Waals surface area contributed by atoms with Gasteiger partial charge in [0, 0.05) is 33.0 Å². The van der Waals surface area contributed by atoms with Crippen molar-refractivity contribution < 1.29 is 27.4 Å². The quantitative estimate of drug-likeness (QED) is 0.381. The zero-order chi connectivity index (χ0) is 28.1. The standard InChI is InChI=1S/C20H25F3N2O3.4C2H6/c1-26-9-3-4-14-10-15(11-19(24-14)20(21,22)23)25-7-5-16(6-8-25)28-18-12-17(13-18)27-2;4*1-2/h10-11,16-18H,5-9,12-13H2,1-2H3;4*1-2H3. The Hall–Kier alpha value is -1.82. The van der Waals surface area contributed by atoms with E-state index in [1.54, 1.807) is 13.2 Å². The maximum absolute atomic E-state index is 13.2. The van der Waals surface area contributed by atoms with Gasteiger partial charge in [0.2, 0.25) is 0 Å². The highest BCUT2D eigenvalue weighted by Gasteiger charge is 2.35. The van der Waals surface area contributed by atoms with Crippen LogP contribution in [-0.4, -0.2) is 57.2 Å². The Morgan fingerprint density at radius 1 is 0.889 bits per heavy atom. The predicted octanol–water partition coefficient (Wildman–Crippen LogP) is 7.37. The van der Waals surface area contributed by atoms with Gasteiger partial charge in [0.05, 0.1) is 18.3 Å². The maximum atomic E-state index is 13.2. The molecule has 2 fully saturated rings. The second kappa shape index (κ2) is 21.3. The molecular weight excluding hydrogens is 469 g/mol. The highest BCUT2D eigenvalue weighted by Crippen LogP contribution is 2.33. The Labute approximate surface area is 218 Å². The number of pyridine rings is 1. The Bertz CT molecular complexity index is 719. The van der Waals surface area contributed by atoms with E-state index >= 15 is 0 Å². The van der Waals surface area contributed by atoms with E-state index in [1.807, 2.05) is 60.3 Å². The lowest BCUT2D eigenvalue weighted by Crippen LogP contribution is -2.43. The van der Waals surface area contributed by atoms with Crippen LogP contribution in [-0.2, 0) is 20.4 Å². The van der Waals surface area contributed by atoms with Crippen molar-refractivity contribution in [1.82, 2.24) is 4.98 Å². The van der Waals surface area contributed by atoms with Crippen molar-refractivity contribution >= 4 is 5.69 Å². The molecule has 1 saturated heterocycles. The summed E-state index contributed by atoms with van der Waals surface area (Å²) in [6, 6.07) is 2.70. The molecule has 0 aromatic carbocycles. The SMILES string of the molecule is CC.CC.CC.CC.COCC#Cc1cc(N2CCC(OC3CC(OC)C3)CC2)cc(C(F)(F)F)n1. The number of aromatic nitrogens is 1. The first-order chi connectivity index (χ1) is 17.4. The third kappa shape index (κ3) is 12.9. The largest absolute Gasteiger partial charge is 0.433 e. The van der Waals surface area contributed by atoms with Gasteiger partial charge in [0.15, 0.2) is 0 Å². The first-order valence-corrected chi connectivity index (χ1v) is 13.4. The van der Waals surface area contributed by atoms with Crippen LogP contribution in [0.25, 0.3) is 0 Å². The van der Waals surface area contributed by atoms with Crippen molar-refractivity contribution in [3.8, 4) is 11.8 Å². The van der Waals surface area contributed by atoms with Crippen LogP contribution < -0.4 is 4.90 Å². The highest BCUT2D eigenvalue weighted by atomic mass is 19.4. The van der Waals surface area contributed by atoms with Gasteiger partial charge in [0.25, 0.3) is 0 Å². The predicted molar refractivity (Wildman–Crippen MR) is 144 cm³/mol. The summed E-state index contributed by atoms with van der Waals surface area (Å²) in [5.41, 5.74) is -0.337. The summed E-state index contributed by atoms with van der Waals surface area (Å²) in [4.78, 5) is 5.58. The van der Waals surface area contributed by atoms with Gasteiger partial charge in [0.1, 0.15) is 18.0 Å². The molecule has 0 bridgehead atoms. The Kier molecular flexibility index (Phi) is 21.5. The number of methoxy groups -OCH3 is 2. The van der Waals surface area contributed by atoms with Gasteiger partial charge in [-0.25, -0.2) is 4.98 Å². The molecule has 3 rings (SSSR count).